The summed E-state index contributed by atoms with van der Waals surface area (Å²) in [6.45, 7) is 4.45. The highest BCUT2D eigenvalue weighted by molar-refractivity contribution is 6.09. The van der Waals surface area contributed by atoms with Gasteiger partial charge in [0, 0.05) is 0 Å². The third-order valence-electron chi connectivity index (χ3n) is 2.00. The Morgan fingerprint density at radius 1 is 1.44 bits per heavy atom. The SMILES string of the molecule is CC(C)(C)OC1C(=O)O[C@H]([C@@H](O)CO)C1=O. The van der Waals surface area contributed by atoms with Crippen molar-refractivity contribution in [3.05, 3.63) is 0 Å². The first kappa shape index (κ1) is 13.1. The molecule has 0 amide bonds. The fourth-order valence-corrected chi connectivity index (χ4v) is 1.33. The molecule has 0 aromatic carbocycles. The molecule has 2 N–H and O–H groups in total. The van der Waals surface area contributed by atoms with Gasteiger partial charge < -0.3 is 19.7 Å². The maximum absolute atomic E-state index is 11.7. The molecule has 1 fully saturated rings. The van der Waals surface area contributed by atoms with Crippen molar-refractivity contribution in [1.82, 2.24) is 0 Å². The van der Waals surface area contributed by atoms with E-state index in [2.05, 4.69) is 4.74 Å². The van der Waals surface area contributed by atoms with E-state index in [0.717, 1.165) is 0 Å². The summed E-state index contributed by atoms with van der Waals surface area (Å²) in [6.07, 6.45) is -4.04. The van der Waals surface area contributed by atoms with Crippen molar-refractivity contribution in [2.75, 3.05) is 6.61 Å². The lowest BCUT2D eigenvalue weighted by Gasteiger charge is -2.21. The highest BCUT2D eigenvalue weighted by atomic mass is 16.6. The highest BCUT2D eigenvalue weighted by Gasteiger charge is 2.48. The standard InChI is InChI=1S/C10H16O6/c1-10(2,3)16-8-6(13)7(5(12)4-11)15-9(8)14/h5,7-8,11-12H,4H2,1-3H3/t5-,7+,8?/m0/s1. The first-order chi connectivity index (χ1) is 7.26. The lowest BCUT2D eigenvalue weighted by Crippen LogP contribution is -2.40. The smallest absolute Gasteiger partial charge is 0.344 e. The van der Waals surface area contributed by atoms with E-state index >= 15 is 0 Å². The van der Waals surface area contributed by atoms with Crippen LogP contribution < -0.4 is 0 Å². The quantitative estimate of drug-likeness (QED) is 0.480. The van der Waals surface area contributed by atoms with E-state index in [1.165, 1.54) is 0 Å². The van der Waals surface area contributed by atoms with Gasteiger partial charge in [-0.25, -0.2) is 4.79 Å². The Morgan fingerprint density at radius 3 is 2.44 bits per heavy atom. The number of carbonyl (C=O) groups is 2. The summed E-state index contributed by atoms with van der Waals surface area (Å²) in [6, 6.07) is 0. The first-order valence-corrected chi connectivity index (χ1v) is 4.97. The van der Waals surface area contributed by atoms with Gasteiger partial charge in [-0.2, -0.15) is 0 Å². The van der Waals surface area contributed by atoms with Gasteiger partial charge in [0.15, 0.2) is 6.10 Å². The summed E-state index contributed by atoms with van der Waals surface area (Å²) in [4.78, 5) is 23.0. The van der Waals surface area contributed by atoms with E-state index in [9.17, 15) is 14.7 Å². The monoisotopic (exact) mass is 232 g/mol. The topological polar surface area (TPSA) is 93.1 Å². The Labute approximate surface area is 93.2 Å². The second kappa shape index (κ2) is 4.48. The number of ether oxygens (including phenoxy) is 2. The Morgan fingerprint density at radius 2 is 2.00 bits per heavy atom. The predicted molar refractivity (Wildman–Crippen MR) is 52.6 cm³/mol. The van der Waals surface area contributed by atoms with Crippen LogP contribution >= 0.6 is 0 Å². The molecule has 3 atom stereocenters. The number of carbonyl (C=O) groups excluding carboxylic acids is 2. The summed E-state index contributed by atoms with van der Waals surface area (Å²) in [7, 11) is 0. The number of cyclic esters (lactones) is 1. The first-order valence-electron chi connectivity index (χ1n) is 4.97. The van der Waals surface area contributed by atoms with Gasteiger partial charge in [0.2, 0.25) is 11.9 Å². The van der Waals surface area contributed by atoms with Gasteiger partial charge in [0.1, 0.15) is 6.10 Å². The Hall–Kier alpha value is -0.980. The van der Waals surface area contributed by atoms with Crippen LogP contribution in [0.25, 0.3) is 0 Å². The van der Waals surface area contributed by atoms with Gasteiger partial charge in [-0.15, -0.1) is 0 Å². The largest absolute Gasteiger partial charge is 0.449 e. The summed E-state index contributed by atoms with van der Waals surface area (Å²) in [5, 5.41) is 17.9. The van der Waals surface area contributed by atoms with Gasteiger partial charge in [0.25, 0.3) is 0 Å². The fraction of sp³-hybridized carbons (Fsp3) is 0.800. The van der Waals surface area contributed by atoms with Crippen molar-refractivity contribution in [2.24, 2.45) is 0 Å². The van der Waals surface area contributed by atoms with Crippen molar-refractivity contribution in [2.45, 2.75) is 44.7 Å². The van der Waals surface area contributed by atoms with Crippen LogP contribution in [0.15, 0.2) is 0 Å². The zero-order valence-corrected chi connectivity index (χ0v) is 9.47. The molecule has 0 spiro atoms. The fourth-order valence-electron chi connectivity index (χ4n) is 1.33. The number of Topliss-reactive ketones (excluding diaryl/α,β-unsaturated/α-hetero) is 1. The van der Waals surface area contributed by atoms with Crippen LogP contribution in [0.5, 0.6) is 0 Å². The van der Waals surface area contributed by atoms with Crippen molar-refractivity contribution >= 4 is 11.8 Å². The molecular weight excluding hydrogens is 216 g/mol. The molecule has 16 heavy (non-hydrogen) atoms. The number of rotatable bonds is 3. The van der Waals surface area contributed by atoms with Gasteiger partial charge in [-0.1, -0.05) is 0 Å². The molecule has 6 heteroatoms. The maximum atomic E-state index is 11.7. The van der Waals surface area contributed by atoms with Crippen LogP contribution in [-0.4, -0.2) is 52.5 Å². The third-order valence-corrected chi connectivity index (χ3v) is 2.00. The van der Waals surface area contributed by atoms with Crippen molar-refractivity contribution < 1.29 is 29.3 Å². The number of hydrogen-bond acceptors (Lipinski definition) is 6. The maximum Gasteiger partial charge on any atom is 0.344 e. The zero-order valence-electron chi connectivity index (χ0n) is 9.47. The minimum Gasteiger partial charge on any atom is -0.449 e. The Bertz CT molecular complexity index is 292. The molecule has 1 heterocycles. The Balaban J connectivity index is 2.75. The molecule has 0 aromatic heterocycles. The molecule has 1 aliphatic heterocycles. The summed E-state index contributed by atoms with van der Waals surface area (Å²) in [5.74, 6) is -1.47. The van der Waals surface area contributed by atoms with E-state index < -0.39 is 42.3 Å². The molecule has 6 nitrogen and oxygen atoms in total. The number of aliphatic hydroxyl groups excluding tert-OH is 2. The molecule has 1 aliphatic rings. The minimum absolute atomic E-state index is 0.647. The molecule has 92 valence electrons. The average Bonchev–Trinajstić information content (AvgIpc) is 2.42. The van der Waals surface area contributed by atoms with Crippen LogP contribution in [-0.2, 0) is 19.1 Å². The van der Waals surface area contributed by atoms with Crippen LogP contribution in [0, 0.1) is 0 Å². The van der Waals surface area contributed by atoms with E-state index in [1.807, 2.05) is 0 Å². The lowest BCUT2D eigenvalue weighted by molar-refractivity contribution is -0.158. The minimum atomic E-state index is -1.40. The zero-order chi connectivity index (χ0) is 12.5. The van der Waals surface area contributed by atoms with E-state index in [4.69, 9.17) is 9.84 Å². The normalized spacial score (nSPS) is 28.1. The van der Waals surface area contributed by atoms with Crippen LogP contribution in [0.2, 0.25) is 0 Å². The summed E-state index contributed by atoms with van der Waals surface area (Å²) >= 11 is 0. The summed E-state index contributed by atoms with van der Waals surface area (Å²) < 4.78 is 9.89. The molecule has 1 unspecified atom stereocenters. The van der Waals surface area contributed by atoms with Crippen LogP contribution in [0.3, 0.4) is 0 Å². The molecule has 0 saturated carbocycles. The van der Waals surface area contributed by atoms with Crippen LogP contribution in [0.4, 0.5) is 0 Å². The second-order valence-corrected chi connectivity index (χ2v) is 4.62. The van der Waals surface area contributed by atoms with Crippen molar-refractivity contribution in [3.8, 4) is 0 Å². The molecule has 1 saturated heterocycles. The number of aliphatic hydroxyl groups is 2. The average molecular weight is 232 g/mol. The molecule has 1 rings (SSSR count). The molecule has 0 aliphatic carbocycles. The van der Waals surface area contributed by atoms with Crippen molar-refractivity contribution in [1.29, 1.82) is 0 Å². The summed E-state index contributed by atoms with van der Waals surface area (Å²) in [5.41, 5.74) is -0.668. The van der Waals surface area contributed by atoms with E-state index in [0.29, 0.717) is 0 Å². The number of ketones is 1. The third kappa shape index (κ3) is 2.78. The molecule has 0 bridgehead atoms. The van der Waals surface area contributed by atoms with Gasteiger partial charge >= 0.3 is 5.97 Å². The van der Waals surface area contributed by atoms with Gasteiger partial charge in [-0.05, 0) is 20.8 Å². The van der Waals surface area contributed by atoms with Crippen molar-refractivity contribution in [3.63, 3.8) is 0 Å². The molecule has 0 radical (unpaired) electrons. The molecular formula is C10H16O6. The number of hydrogen-bond donors (Lipinski definition) is 2. The van der Waals surface area contributed by atoms with Gasteiger partial charge in [-0.3, -0.25) is 4.79 Å². The predicted octanol–water partition coefficient (Wildman–Crippen LogP) is -0.982. The second-order valence-electron chi connectivity index (χ2n) is 4.62. The number of esters is 1. The van der Waals surface area contributed by atoms with E-state index in [1.54, 1.807) is 20.8 Å². The lowest BCUT2D eigenvalue weighted by atomic mass is 10.1. The van der Waals surface area contributed by atoms with Gasteiger partial charge in [0.05, 0.1) is 12.2 Å². The van der Waals surface area contributed by atoms with Crippen LogP contribution in [0.1, 0.15) is 20.8 Å². The highest BCUT2D eigenvalue weighted by Crippen LogP contribution is 2.21. The van der Waals surface area contributed by atoms with E-state index in [-0.39, 0.29) is 0 Å². The Kier molecular flexibility index (Phi) is 3.67. The molecule has 0 aromatic rings.